The van der Waals surface area contributed by atoms with Gasteiger partial charge in [0.25, 0.3) is 0 Å². The van der Waals surface area contributed by atoms with Crippen LogP contribution in [0, 0.1) is 0 Å². The molecule has 1 aromatic rings. The van der Waals surface area contributed by atoms with Crippen LogP contribution in [0.4, 0.5) is 13.2 Å². The number of aryl methyl sites for hydroxylation is 1. The van der Waals surface area contributed by atoms with E-state index in [1.807, 2.05) is 0 Å². The molecule has 0 radical (unpaired) electrons. The van der Waals surface area contributed by atoms with E-state index >= 15 is 0 Å². The highest BCUT2D eigenvalue weighted by Gasteiger charge is 2.32. The van der Waals surface area contributed by atoms with Gasteiger partial charge in [-0.25, -0.2) is 0 Å². The summed E-state index contributed by atoms with van der Waals surface area (Å²) in [6.07, 6.45) is -5.54. The van der Waals surface area contributed by atoms with Crippen LogP contribution in [-0.4, -0.2) is 33.6 Å². The van der Waals surface area contributed by atoms with Crippen molar-refractivity contribution in [1.82, 2.24) is 10.1 Å². The molecule has 0 aliphatic carbocycles. The van der Waals surface area contributed by atoms with Gasteiger partial charge in [0, 0.05) is 12.2 Å². The molecule has 0 bridgehead atoms. The molecule has 1 atom stereocenters. The molecule has 1 aromatic heterocycles. The maximum absolute atomic E-state index is 12.0. The molecular weight excluding hydrogens is 257 g/mol. The number of halogens is 3. The molecule has 4 nitrogen and oxygen atoms in total. The summed E-state index contributed by atoms with van der Waals surface area (Å²) in [6, 6.07) is 0. The van der Waals surface area contributed by atoms with Crippen LogP contribution in [0.5, 0.6) is 0 Å². The van der Waals surface area contributed by atoms with Gasteiger partial charge >= 0.3 is 6.18 Å². The summed E-state index contributed by atoms with van der Waals surface area (Å²) >= 11 is 1.45. The summed E-state index contributed by atoms with van der Waals surface area (Å²) < 4.78 is 40.7. The van der Waals surface area contributed by atoms with Gasteiger partial charge in [0.2, 0.25) is 5.89 Å². The van der Waals surface area contributed by atoms with Crippen molar-refractivity contribution in [1.29, 1.82) is 0 Å². The van der Waals surface area contributed by atoms with Gasteiger partial charge in [-0.15, -0.1) is 0 Å². The minimum Gasteiger partial charge on any atom is -0.339 e. The van der Waals surface area contributed by atoms with Gasteiger partial charge in [-0.05, 0) is 0 Å². The number of hydrogen-bond donors (Lipinski definition) is 0. The normalized spacial score (nSPS) is 21.1. The monoisotopic (exact) mass is 266 g/mol. The SMILES string of the molecule is O=C1CSCC1c1nc(CCC(F)(F)F)no1. The van der Waals surface area contributed by atoms with Crippen molar-refractivity contribution in [2.75, 3.05) is 11.5 Å². The number of thioether (sulfide) groups is 1. The summed E-state index contributed by atoms with van der Waals surface area (Å²) in [4.78, 5) is 15.2. The number of aromatic nitrogens is 2. The van der Waals surface area contributed by atoms with E-state index in [2.05, 4.69) is 10.1 Å². The van der Waals surface area contributed by atoms with E-state index in [9.17, 15) is 18.0 Å². The van der Waals surface area contributed by atoms with Crippen molar-refractivity contribution in [2.45, 2.75) is 24.9 Å². The van der Waals surface area contributed by atoms with Gasteiger partial charge in [-0.2, -0.15) is 29.9 Å². The molecule has 1 saturated heterocycles. The van der Waals surface area contributed by atoms with E-state index in [1.54, 1.807) is 0 Å². The number of carbonyl (C=O) groups is 1. The minimum absolute atomic E-state index is 0.00188. The Labute approximate surface area is 98.9 Å². The van der Waals surface area contributed by atoms with Crippen molar-refractivity contribution in [3.63, 3.8) is 0 Å². The van der Waals surface area contributed by atoms with Crippen LogP contribution in [0.1, 0.15) is 24.1 Å². The van der Waals surface area contributed by atoms with E-state index in [1.165, 1.54) is 11.8 Å². The molecule has 2 rings (SSSR count). The third-order valence-electron chi connectivity index (χ3n) is 2.33. The third kappa shape index (κ3) is 3.21. The van der Waals surface area contributed by atoms with Gasteiger partial charge in [0.15, 0.2) is 11.6 Å². The Bertz CT molecular complexity index is 419. The summed E-state index contributed by atoms with van der Waals surface area (Å²) in [5.74, 6) is 0.623. The fraction of sp³-hybridized carbons (Fsp3) is 0.667. The predicted molar refractivity (Wildman–Crippen MR) is 53.7 cm³/mol. The fourth-order valence-corrected chi connectivity index (χ4v) is 2.53. The predicted octanol–water partition coefficient (Wildman–Crippen LogP) is 1.96. The van der Waals surface area contributed by atoms with Crippen LogP contribution in [0.3, 0.4) is 0 Å². The van der Waals surface area contributed by atoms with Crippen LogP contribution in [0.15, 0.2) is 4.52 Å². The first-order valence-electron chi connectivity index (χ1n) is 4.95. The average molecular weight is 266 g/mol. The first-order valence-corrected chi connectivity index (χ1v) is 6.11. The molecule has 1 unspecified atom stereocenters. The summed E-state index contributed by atoms with van der Waals surface area (Å²) in [6.45, 7) is 0. The van der Waals surface area contributed by atoms with Crippen molar-refractivity contribution in [3.8, 4) is 0 Å². The average Bonchev–Trinajstić information content (AvgIpc) is 2.81. The number of rotatable bonds is 3. The number of ketones is 1. The number of hydrogen-bond acceptors (Lipinski definition) is 5. The molecule has 17 heavy (non-hydrogen) atoms. The van der Waals surface area contributed by atoms with Crippen molar-refractivity contribution < 1.29 is 22.5 Å². The molecule has 0 spiro atoms. The zero-order valence-electron chi connectivity index (χ0n) is 8.66. The molecule has 0 amide bonds. The zero-order valence-corrected chi connectivity index (χ0v) is 9.48. The second-order valence-electron chi connectivity index (χ2n) is 3.70. The number of nitrogens with zero attached hydrogens (tertiary/aromatic N) is 2. The van der Waals surface area contributed by atoms with E-state index in [-0.39, 0.29) is 23.9 Å². The molecule has 0 aromatic carbocycles. The van der Waals surface area contributed by atoms with Crippen LogP contribution in [-0.2, 0) is 11.2 Å². The largest absolute Gasteiger partial charge is 0.389 e. The van der Waals surface area contributed by atoms with Gasteiger partial charge in [-0.3, -0.25) is 4.79 Å². The molecule has 94 valence electrons. The van der Waals surface area contributed by atoms with Crippen LogP contribution >= 0.6 is 11.8 Å². The maximum Gasteiger partial charge on any atom is 0.389 e. The Morgan fingerprint density at radius 3 is 2.82 bits per heavy atom. The minimum atomic E-state index is -4.24. The van der Waals surface area contributed by atoms with Crippen molar-refractivity contribution in [3.05, 3.63) is 11.7 Å². The Hall–Kier alpha value is -1.05. The Balaban J connectivity index is 1.98. The highest BCUT2D eigenvalue weighted by atomic mass is 32.2. The Morgan fingerprint density at radius 1 is 1.47 bits per heavy atom. The number of carbonyl (C=O) groups excluding carboxylic acids is 1. The van der Waals surface area contributed by atoms with Crippen LogP contribution in [0.25, 0.3) is 0 Å². The summed E-state index contributed by atoms with van der Waals surface area (Å²) in [5, 5.41) is 3.45. The van der Waals surface area contributed by atoms with Crippen molar-refractivity contribution >= 4 is 17.5 Å². The Morgan fingerprint density at radius 2 is 2.24 bits per heavy atom. The zero-order chi connectivity index (χ0) is 12.5. The van der Waals surface area contributed by atoms with Gasteiger partial charge in [0.1, 0.15) is 5.92 Å². The highest BCUT2D eigenvalue weighted by Crippen LogP contribution is 2.29. The molecular formula is C9H9F3N2O2S. The molecule has 1 aliphatic heterocycles. The number of Topliss-reactive ketones (excluding diaryl/α,β-unsaturated/α-hetero) is 1. The molecule has 8 heteroatoms. The third-order valence-corrected chi connectivity index (χ3v) is 3.39. The molecule has 0 saturated carbocycles. The van der Waals surface area contributed by atoms with E-state index in [0.717, 1.165) is 0 Å². The summed E-state index contributed by atoms with van der Waals surface area (Å²) in [5.41, 5.74) is 0. The topological polar surface area (TPSA) is 56.0 Å². The Kier molecular flexibility index (Phi) is 3.41. The quantitative estimate of drug-likeness (QED) is 0.837. The lowest BCUT2D eigenvalue weighted by molar-refractivity contribution is -0.134. The molecule has 2 heterocycles. The molecule has 0 N–H and O–H groups in total. The summed E-state index contributed by atoms with van der Waals surface area (Å²) in [7, 11) is 0. The van der Waals surface area contributed by atoms with Gasteiger partial charge < -0.3 is 4.52 Å². The fourth-order valence-electron chi connectivity index (χ4n) is 1.44. The van der Waals surface area contributed by atoms with Crippen LogP contribution < -0.4 is 0 Å². The lowest BCUT2D eigenvalue weighted by atomic mass is 10.1. The van der Waals surface area contributed by atoms with E-state index in [0.29, 0.717) is 11.5 Å². The lowest BCUT2D eigenvalue weighted by Gasteiger charge is -2.02. The first-order chi connectivity index (χ1) is 7.96. The highest BCUT2D eigenvalue weighted by molar-refractivity contribution is 8.00. The molecule has 1 fully saturated rings. The van der Waals surface area contributed by atoms with E-state index < -0.39 is 18.5 Å². The van der Waals surface area contributed by atoms with Crippen LogP contribution in [0.2, 0.25) is 0 Å². The smallest absolute Gasteiger partial charge is 0.339 e. The first kappa shape index (κ1) is 12.4. The van der Waals surface area contributed by atoms with Crippen molar-refractivity contribution in [2.24, 2.45) is 0 Å². The second kappa shape index (κ2) is 4.67. The van der Waals surface area contributed by atoms with Gasteiger partial charge in [-0.1, -0.05) is 5.16 Å². The molecule has 1 aliphatic rings. The number of alkyl halides is 3. The second-order valence-corrected chi connectivity index (χ2v) is 4.73. The maximum atomic E-state index is 12.0. The standard InChI is InChI=1S/C9H9F3N2O2S/c10-9(11,12)2-1-7-13-8(16-14-7)5-3-17-4-6(5)15/h5H,1-4H2. The lowest BCUT2D eigenvalue weighted by Crippen LogP contribution is -2.10. The van der Waals surface area contributed by atoms with Gasteiger partial charge in [0.05, 0.1) is 12.2 Å². The van der Waals surface area contributed by atoms with E-state index in [4.69, 9.17) is 4.52 Å².